The lowest BCUT2D eigenvalue weighted by atomic mass is 9.76. The number of fused-ring (bicyclic) bond motifs is 3. The van der Waals surface area contributed by atoms with Crippen LogP contribution < -0.4 is 5.32 Å². The highest BCUT2D eigenvalue weighted by molar-refractivity contribution is 5.80. The molecular formula is C27H32N2O5. The van der Waals surface area contributed by atoms with Gasteiger partial charge in [-0.1, -0.05) is 55.5 Å². The van der Waals surface area contributed by atoms with Crippen molar-refractivity contribution in [3.05, 3.63) is 59.7 Å². The SMILES string of the molecule is CCC1(C(=O)O)CCN(C(=O)CC(C)NC(=O)OCC2c3ccccc3-c3ccccc32)CC1. The van der Waals surface area contributed by atoms with E-state index in [4.69, 9.17) is 4.74 Å². The first-order valence-electron chi connectivity index (χ1n) is 12.0. The van der Waals surface area contributed by atoms with Crippen molar-refractivity contribution in [3.8, 4) is 11.1 Å². The molecule has 0 aromatic heterocycles. The molecule has 180 valence electrons. The van der Waals surface area contributed by atoms with E-state index in [-0.39, 0.29) is 30.9 Å². The van der Waals surface area contributed by atoms with E-state index in [1.165, 1.54) is 11.1 Å². The molecule has 7 heteroatoms. The summed E-state index contributed by atoms with van der Waals surface area (Å²) in [6.07, 6.45) is 1.08. The molecule has 2 aliphatic rings. The van der Waals surface area contributed by atoms with Crippen molar-refractivity contribution in [2.45, 2.75) is 51.5 Å². The number of carboxylic acids is 1. The third-order valence-corrected chi connectivity index (χ3v) is 7.39. The van der Waals surface area contributed by atoms with Crippen LogP contribution in [0.25, 0.3) is 11.1 Å². The quantitative estimate of drug-likeness (QED) is 0.633. The Kier molecular flexibility index (Phi) is 6.91. The van der Waals surface area contributed by atoms with Crippen LogP contribution in [-0.2, 0) is 14.3 Å². The van der Waals surface area contributed by atoms with Gasteiger partial charge in [-0.2, -0.15) is 0 Å². The lowest BCUT2D eigenvalue weighted by Gasteiger charge is -2.38. The maximum Gasteiger partial charge on any atom is 0.407 e. The normalized spacial score (nSPS) is 17.4. The molecule has 1 heterocycles. The molecule has 2 N–H and O–H groups in total. The van der Waals surface area contributed by atoms with Crippen molar-refractivity contribution in [2.75, 3.05) is 19.7 Å². The second kappa shape index (κ2) is 9.87. The van der Waals surface area contributed by atoms with Gasteiger partial charge >= 0.3 is 12.1 Å². The third-order valence-electron chi connectivity index (χ3n) is 7.39. The van der Waals surface area contributed by atoms with Gasteiger partial charge in [0.15, 0.2) is 0 Å². The summed E-state index contributed by atoms with van der Waals surface area (Å²) in [5, 5.41) is 12.3. The number of carboxylic acid groups (broad SMARTS) is 1. The molecule has 2 aromatic rings. The summed E-state index contributed by atoms with van der Waals surface area (Å²) < 4.78 is 5.57. The Balaban J connectivity index is 1.27. The van der Waals surface area contributed by atoms with Crippen LogP contribution in [0.1, 0.15) is 56.6 Å². The second-order valence-electron chi connectivity index (χ2n) is 9.39. The molecule has 0 radical (unpaired) electrons. The summed E-state index contributed by atoms with van der Waals surface area (Å²) in [4.78, 5) is 38.5. The first-order valence-corrected chi connectivity index (χ1v) is 12.0. The largest absolute Gasteiger partial charge is 0.481 e. The van der Waals surface area contributed by atoms with E-state index in [0.29, 0.717) is 32.4 Å². The Morgan fingerprint density at radius 2 is 1.62 bits per heavy atom. The number of carbonyl (C=O) groups excluding carboxylic acids is 2. The number of piperidine rings is 1. The van der Waals surface area contributed by atoms with Crippen LogP contribution in [0.5, 0.6) is 0 Å². The molecule has 0 saturated carbocycles. The van der Waals surface area contributed by atoms with Gasteiger partial charge in [0.1, 0.15) is 6.61 Å². The minimum absolute atomic E-state index is 0.0171. The lowest BCUT2D eigenvalue weighted by Crippen LogP contribution is -2.47. The van der Waals surface area contributed by atoms with E-state index in [2.05, 4.69) is 29.6 Å². The van der Waals surface area contributed by atoms with Crippen LogP contribution in [0.15, 0.2) is 48.5 Å². The van der Waals surface area contributed by atoms with Crippen molar-refractivity contribution in [1.82, 2.24) is 10.2 Å². The van der Waals surface area contributed by atoms with E-state index in [9.17, 15) is 19.5 Å². The minimum Gasteiger partial charge on any atom is -0.481 e. The lowest BCUT2D eigenvalue weighted by molar-refractivity contribution is -0.154. The van der Waals surface area contributed by atoms with Gasteiger partial charge in [0.05, 0.1) is 5.41 Å². The molecule has 2 amide bonds. The van der Waals surface area contributed by atoms with E-state index < -0.39 is 17.5 Å². The molecule has 4 rings (SSSR count). The monoisotopic (exact) mass is 464 g/mol. The number of ether oxygens (including phenoxy) is 1. The van der Waals surface area contributed by atoms with E-state index in [1.54, 1.807) is 11.8 Å². The number of amides is 2. The first-order chi connectivity index (χ1) is 16.3. The van der Waals surface area contributed by atoms with Gasteiger partial charge < -0.3 is 20.1 Å². The molecule has 1 saturated heterocycles. The fourth-order valence-corrected chi connectivity index (χ4v) is 5.19. The number of benzene rings is 2. The summed E-state index contributed by atoms with van der Waals surface area (Å²) in [6, 6.07) is 15.9. The number of rotatable bonds is 7. The number of aliphatic carboxylic acids is 1. The Hall–Kier alpha value is -3.35. The van der Waals surface area contributed by atoms with Gasteiger partial charge in [0.25, 0.3) is 0 Å². The number of nitrogens with one attached hydrogen (secondary N) is 1. The summed E-state index contributed by atoms with van der Waals surface area (Å²) >= 11 is 0. The van der Waals surface area contributed by atoms with E-state index >= 15 is 0 Å². The maximum atomic E-state index is 12.7. The molecule has 1 fully saturated rings. The maximum absolute atomic E-state index is 12.7. The number of carbonyl (C=O) groups is 3. The number of hydrogen-bond donors (Lipinski definition) is 2. The molecule has 0 bridgehead atoms. The molecule has 1 atom stereocenters. The third kappa shape index (κ3) is 4.65. The first kappa shape index (κ1) is 23.8. The van der Waals surface area contributed by atoms with Crippen molar-refractivity contribution in [2.24, 2.45) is 5.41 Å². The molecule has 1 aliphatic carbocycles. The summed E-state index contributed by atoms with van der Waals surface area (Å²) in [5.41, 5.74) is 3.90. The molecule has 34 heavy (non-hydrogen) atoms. The van der Waals surface area contributed by atoms with Gasteiger partial charge in [-0.25, -0.2) is 4.79 Å². The highest BCUT2D eigenvalue weighted by Crippen LogP contribution is 2.44. The molecule has 0 spiro atoms. The highest BCUT2D eigenvalue weighted by Gasteiger charge is 2.40. The topological polar surface area (TPSA) is 95.9 Å². The van der Waals surface area contributed by atoms with Gasteiger partial charge in [-0.05, 0) is 48.4 Å². The Morgan fingerprint density at radius 1 is 1.06 bits per heavy atom. The highest BCUT2D eigenvalue weighted by atomic mass is 16.5. The number of hydrogen-bond acceptors (Lipinski definition) is 4. The Bertz CT molecular complexity index is 1030. The van der Waals surface area contributed by atoms with Crippen LogP contribution >= 0.6 is 0 Å². The average Bonchev–Trinajstić information content (AvgIpc) is 3.16. The number of nitrogens with zero attached hydrogens (tertiary/aromatic N) is 1. The van der Waals surface area contributed by atoms with Crippen molar-refractivity contribution >= 4 is 18.0 Å². The van der Waals surface area contributed by atoms with Crippen molar-refractivity contribution in [1.29, 1.82) is 0 Å². The van der Waals surface area contributed by atoms with Crippen LogP contribution in [0.4, 0.5) is 4.79 Å². The van der Waals surface area contributed by atoms with Crippen LogP contribution in [0, 0.1) is 5.41 Å². The van der Waals surface area contributed by atoms with Crippen molar-refractivity contribution in [3.63, 3.8) is 0 Å². The fourth-order valence-electron chi connectivity index (χ4n) is 5.19. The predicted octanol–water partition coefficient (Wildman–Crippen LogP) is 4.41. The van der Waals surface area contributed by atoms with Gasteiger partial charge in [-0.15, -0.1) is 0 Å². The molecule has 1 unspecified atom stereocenters. The van der Waals surface area contributed by atoms with Gasteiger partial charge in [-0.3, -0.25) is 9.59 Å². The van der Waals surface area contributed by atoms with Crippen molar-refractivity contribution < 1.29 is 24.2 Å². The van der Waals surface area contributed by atoms with E-state index in [1.807, 2.05) is 31.2 Å². The zero-order chi connectivity index (χ0) is 24.3. The zero-order valence-corrected chi connectivity index (χ0v) is 19.8. The fraction of sp³-hybridized carbons (Fsp3) is 0.444. The van der Waals surface area contributed by atoms with Gasteiger partial charge in [0.2, 0.25) is 5.91 Å². The molecule has 1 aliphatic heterocycles. The summed E-state index contributed by atoms with van der Waals surface area (Å²) in [5.74, 6) is -0.884. The zero-order valence-electron chi connectivity index (χ0n) is 19.8. The number of alkyl carbamates (subject to hydrolysis) is 1. The molecule has 2 aromatic carbocycles. The van der Waals surface area contributed by atoms with Crippen LogP contribution in [-0.4, -0.2) is 53.7 Å². The smallest absolute Gasteiger partial charge is 0.407 e. The molecule has 7 nitrogen and oxygen atoms in total. The average molecular weight is 465 g/mol. The summed E-state index contributed by atoms with van der Waals surface area (Å²) in [6.45, 7) is 4.73. The Labute approximate surface area is 200 Å². The summed E-state index contributed by atoms with van der Waals surface area (Å²) in [7, 11) is 0. The van der Waals surface area contributed by atoms with Crippen LogP contribution in [0.2, 0.25) is 0 Å². The second-order valence-corrected chi connectivity index (χ2v) is 9.39. The standard InChI is InChI=1S/C27H32N2O5/c1-3-27(25(31)32)12-14-29(15-13-27)24(30)16-18(2)28-26(33)34-17-23-21-10-6-4-8-19(21)20-9-5-7-11-22(20)23/h4-11,18,23H,3,12-17H2,1-2H3,(H,28,33)(H,31,32). The van der Waals surface area contributed by atoms with Crippen LogP contribution in [0.3, 0.4) is 0 Å². The minimum atomic E-state index is -0.785. The molecular weight excluding hydrogens is 432 g/mol. The van der Waals surface area contributed by atoms with E-state index in [0.717, 1.165) is 11.1 Å². The Morgan fingerprint density at radius 3 is 2.15 bits per heavy atom. The number of likely N-dealkylation sites (tertiary alicyclic amines) is 1. The predicted molar refractivity (Wildman–Crippen MR) is 128 cm³/mol. The van der Waals surface area contributed by atoms with Gasteiger partial charge in [0, 0.05) is 31.5 Å².